The molecule has 138 valence electrons. The standard InChI is InChI=1S/C18H22N4O3S/c1-2-6-22-17(24)14-4-3-13(12-15(14)20-18(22)26)16(23)19-5-7-21-8-10-25-11-9-21/h2-4,12H,1,5-11H2,(H,19,23)(H,20,26). The van der Waals surface area contributed by atoms with Crippen molar-refractivity contribution in [3.05, 3.63) is 51.5 Å². The predicted octanol–water partition coefficient (Wildman–Crippen LogP) is 1.31. The minimum atomic E-state index is -0.192. The Morgan fingerprint density at radius 2 is 2.15 bits per heavy atom. The summed E-state index contributed by atoms with van der Waals surface area (Å²) in [6, 6.07) is 4.97. The average Bonchev–Trinajstić information content (AvgIpc) is 2.65. The number of fused-ring (bicyclic) bond motifs is 1. The zero-order chi connectivity index (χ0) is 18.5. The number of allylic oxidation sites excluding steroid dienone is 1. The minimum absolute atomic E-state index is 0.172. The van der Waals surface area contributed by atoms with E-state index in [0.717, 1.165) is 32.8 Å². The highest BCUT2D eigenvalue weighted by molar-refractivity contribution is 7.71. The quantitative estimate of drug-likeness (QED) is 0.589. The van der Waals surface area contributed by atoms with E-state index in [1.807, 2.05) is 0 Å². The average molecular weight is 374 g/mol. The van der Waals surface area contributed by atoms with Gasteiger partial charge in [0.1, 0.15) is 0 Å². The zero-order valence-electron chi connectivity index (χ0n) is 14.5. The lowest BCUT2D eigenvalue weighted by Crippen LogP contribution is -2.41. The molecule has 2 heterocycles. The van der Waals surface area contributed by atoms with Crippen LogP contribution in [0.1, 0.15) is 10.4 Å². The maximum absolute atomic E-state index is 12.5. The summed E-state index contributed by atoms with van der Waals surface area (Å²) in [6.45, 7) is 8.58. The number of ether oxygens (including phenoxy) is 1. The smallest absolute Gasteiger partial charge is 0.262 e. The fourth-order valence-electron chi connectivity index (χ4n) is 2.95. The number of nitrogens with zero attached hydrogens (tertiary/aromatic N) is 2. The number of rotatable bonds is 6. The van der Waals surface area contributed by atoms with Crippen molar-refractivity contribution in [2.75, 3.05) is 39.4 Å². The Labute approximate surface area is 156 Å². The molecule has 2 aromatic rings. The first-order chi connectivity index (χ1) is 12.6. The van der Waals surface area contributed by atoms with Crippen LogP contribution in [0.2, 0.25) is 0 Å². The number of carbonyl (C=O) groups is 1. The number of aromatic nitrogens is 2. The van der Waals surface area contributed by atoms with Crippen molar-refractivity contribution in [2.24, 2.45) is 0 Å². The van der Waals surface area contributed by atoms with Crippen molar-refractivity contribution in [1.82, 2.24) is 19.8 Å². The fourth-order valence-corrected chi connectivity index (χ4v) is 3.21. The normalized spacial score (nSPS) is 15.1. The lowest BCUT2D eigenvalue weighted by molar-refractivity contribution is 0.0383. The lowest BCUT2D eigenvalue weighted by atomic mass is 10.1. The summed E-state index contributed by atoms with van der Waals surface area (Å²) in [6.07, 6.45) is 1.62. The van der Waals surface area contributed by atoms with Crippen molar-refractivity contribution in [3.8, 4) is 0 Å². The lowest BCUT2D eigenvalue weighted by Gasteiger charge is -2.26. The minimum Gasteiger partial charge on any atom is -0.379 e. The van der Waals surface area contributed by atoms with Crippen LogP contribution in [0.5, 0.6) is 0 Å². The van der Waals surface area contributed by atoms with Gasteiger partial charge in [0.05, 0.1) is 24.1 Å². The molecule has 1 aliphatic rings. The third-order valence-corrected chi connectivity index (χ3v) is 4.70. The SMILES string of the molecule is C=CCn1c(=S)[nH]c2cc(C(=O)NCCN3CCOCC3)ccc2c1=O. The Hall–Kier alpha value is -2.29. The predicted molar refractivity (Wildman–Crippen MR) is 103 cm³/mol. The highest BCUT2D eigenvalue weighted by Gasteiger charge is 2.12. The van der Waals surface area contributed by atoms with Crippen LogP contribution < -0.4 is 10.9 Å². The van der Waals surface area contributed by atoms with E-state index in [0.29, 0.717) is 34.3 Å². The Bertz CT molecular complexity index is 928. The molecule has 8 heteroatoms. The molecule has 2 N–H and O–H groups in total. The third-order valence-electron chi connectivity index (χ3n) is 4.37. The van der Waals surface area contributed by atoms with Crippen LogP contribution in [-0.4, -0.2) is 59.8 Å². The highest BCUT2D eigenvalue weighted by atomic mass is 32.1. The van der Waals surface area contributed by atoms with E-state index in [9.17, 15) is 9.59 Å². The van der Waals surface area contributed by atoms with Crippen LogP contribution in [0.3, 0.4) is 0 Å². The summed E-state index contributed by atoms with van der Waals surface area (Å²) in [5, 5.41) is 3.40. The van der Waals surface area contributed by atoms with Gasteiger partial charge in [0.25, 0.3) is 11.5 Å². The monoisotopic (exact) mass is 374 g/mol. The first-order valence-electron chi connectivity index (χ1n) is 8.56. The van der Waals surface area contributed by atoms with Gasteiger partial charge in [-0.1, -0.05) is 6.08 Å². The number of amides is 1. The van der Waals surface area contributed by atoms with E-state index in [4.69, 9.17) is 17.0 Å². The molecule has 0 radical (unpaired) electrons. The van der Waals surface area contributed by atoms with Gasteiger partial charge in [0, 0.05) is 38.3 Å². The molecule has 0 bridgehead atoms. The maximum atomic E-state index is 12.5. The number of nitrogens with one attached hydrogen (secondary N) is 2. The van der Waals surface area contributed by atoms with E-state index in [1.165, 1.54) is 4.57 Å². The van der Waals surface area contributed by atoms with Gasteiger partial charge in [0.15, 0.2) is 4.77 Å². The van der Waals surface area contributed by atoms with Crippen LogP contribution >= 0.6 is 12.2 Å². The van der Waals surface area contributed by atoms with Crippen molar-refractivity contribution >= 4 is 29.0 Å². The Kier molecular flexibility index (Phi) is 5.97. The van der Waals surface area contributed by atoms with Crippen molar-refractivity contribution in [3.63, 3.8) is 0 Å². The summed E-state index contributed by atoms with van der Waals surface area (Å²) in [4.78, 5) is 30.1. The zero-order valence-corrected chi connectivity index (χ0v) is 15.3. The molecule has 3 rings (SSSR count). The fraction of sp³-hybridized carbons (Fsp3) is 0.389. The highest BCUT2D eigenvalue weighted by Crippen LogP contribution is 2.11. The molecule has 1 aromatic heterocycles. The van der Waals surface area contributed by atoms with Gasteiger partial charge in [-0.2, -0.15) is 0 Å². The number of H-pyrrole nitrogens is 1. The van der Waals surface area contributed by atoms with E-state index in [2.05, 4.69) is 21.8 Å². The number of carbonyl (C=O) groups excluding carboxylic acids is 1. The summed E-state index contributed by atoms with van der Waals surface area (Å²) in [7, 11) is 0. The van der Waals surface area contributed by atoms with E-state index < -0.39 is 0 Å². The molecule has 26 heavy (non-hydrogen) atoms. The third kappa shape index (κ3) is 4.09. The second-order valence-corrected chi connectivity index (χ2v) is 6.49. The first-order valence-corrected chi connectivity index (χ1v) is 8.97. The van der Waals surface area contributed by atoms with Gasteiger partial charge in [0.2, 0.25) is 0 Å². The topological polar surface area (TPSA) is 79.4 Å². The molecule has 0 atom stereocenters. The Balaban J connectivity index is 1.72. The molecular formula is C18H22N4O3S. The number of benzene rings is 1. The molecule has 0 spiro atoms. The molecule has 1 amide bonds. The van der Waals surface area contributed by atoms with Crippen LogP contribution in [0, 0.1) is 4.77 Å². The molecule has 1 aromatic carbocycles. The second-order valence-electron chi connectivity index (χ2n) is 6.10. The number of hydrogen-bond donors (Lipinski definition) is 2. The summed E-state index contributed by atoms with van der Waals surface area (Å²) >= 11 is 5.23. The molecule has 0 aliphatic carbocycles. The molecular weight excluding hydrogens is 352 g/mol. The van der Waals surface area contributed by atoms with Gasteiger partial charge < -0.3 is 15.0 Å². The molecule has 0 unspecified atom stereocenters. The van der Waals surface area contributed by atoms with Crippen molar-refractivity contribution < 1.29 is 9.53 Å². The second kappa shape index (κ2) is 8.39. The van der Waals surface area contributed by atoms with Crippen LogP contribution in [0.15, 0.2) is 35.6 Å². The molecule has 1 fully saturated rings. The van der Waals surface area contributed by atoms with Crippen LogP contribution in [0.25, 0.3) is 10.9 Å². The van der Waals surface area contributed by atoms with Gasteiger partial charge in [-0.25, -0.2) is 0 Å². The van der Waals surface area contributed by atoms with E-state index >= 15 is 0 Å². The largest absolute Gasteiger partial charge is 0.379 e. The number of morpholine rings is 1. The van der Waals surface area contributed by atoms with Gasteiger partial charge in [-0.15, -0.1) is 6.58 Å². The van der Waals surface area contributed by atoms with E-state index in [1.54, 1.807) is 24.3 Å². The number of hydrogen-bond acceptors (Lipinski definition) is 5. The molecule has 1 aliphatic heterocycles. The summed E-state index contributed by atoms with van der Waals surface area (Å²) < 4.78 is 7.06. The molecule has 7 nitrogen and oxygen atoms in total. The molecule has 1 saturated heterocycles. The van der Waals surface area contributed by atoms with Gasteiger partial charge >= 0.3 is 0 Å². The van der Waals surface area contributed by atoms with Crippen molar-refractivity contribution in [1.29, 1.82) is 0 Å². The van der Waals surface area contributed by atoms with Crippen LogP contribution in [0.4, 0.5) is 0 Å². The maximum Gasteiger partial charge on any atom is 0.262 e. The molecule has 0 saturated carbocycles. The Morgan fingerprint density at radius 1 is 1.38 bits per heavy atom. The van der Waals surface area contributed by atoms with Crippen molar-refractivity contribution in [2.45, 2.75) is 6.54 Å². The Morgan fingerprint density at radius 3 is 2.88 bits per heavy atom. The van der Waals surface area contributed by atoms with Gasteiger partial charge in [-0.3, -0.25) is 19.1 Å². The number of aromatic amines is 1. The van der Waals surface area contributed by atoms with E-state index in [-0.39, 0.29) is 11.5 Å². The van der Waals surface area contributed by atoms with Gasteiger partial charge in [-0.05, 0) is 30.4 Å². The van der Waals surface area contributed by atoms with Crippen LogP contribution in [-0.2, 0) is 11.3 Å². The summed E-state index contributed by atoms with van der Waals surface area (Å²) in [5.41, 5.74) is 0.857. The first kappa shape index (κ1) is 18.5. The summed E-state index contributed by atoms with van der Waals surface area (Å²) in [5.74, 6) is -0.172.